The van der Waals surface area contributed by atoms with Gasteiger partial charge < -0.3 is 4.74 Å². The number of hydrogen-bond donors (Lipinski definition) is 0. The minimum absolute atomic E-state index is 0.204. The van der Waals surface area contributed by atoms with Crippen LogP contribution in [0.5, 0.6) is 5.75 Å². The molecule has 6 nitrogen and oxygen atoms in total. The quantitative estimate of drug-likeness (QED) is 0.858. The van der Waals surface area contributed by atoms with Crippen LogP contribution in [0.15, 0.2) is 35.6 Å². The van der Waals surface area contributed by atoms with E-state index >= 15 is 0 Å². The van der Waals surface area contributed by atoms with Gasteiger partial charge in [-0.2, -0.15) is 4.31 Å². The summed E-state index contributed by atoms with van der Waals surface area (Å²) in [6.07, 6.45) is 3.86. The average Bonchev–Trinajstić information content (AvgIpc) is 2.99. The van der Waals surface area contributed by atoms with Crippen molar-refractivity contribution in [1.29, 1.82) is 0 Å². The first-order valence-electron chi connectivity index (χ1n) is 7.01. The van der Waals surface area contributed by atoms with Crippen LogP contribution in [0.3, 0.4) is 0 Å². The predicted octanol–water partition coefficient (Wildman–Crippen LogP) is 1.75. The second-order valence-corrected chi connectivity index (χ2v) is 7.01. The Bertz CT molecular complexity index is 780. The van der Waals surface area contributed by atoms with Gasteiger partial charge in [-0.05, 0) is 24.1 Å². The summed E-state index contributed by atoms with van der Waals surface area (Å²) >= 11 is 0. The summed E-state index contributed by atoms with van der Waals surface area (Å²) in [5.41, 5.74) is 2.55. The third-order valence-electron chi connectivity index (χ3n) is 3.81. The molecule has 0 atom stereocenters. The van der Waals surface area contributed by atoms with Crippen LogP contribution in [-0.4, -0.2) is 29.8 Å². The van der Waals surface area contributed by atoms with Gasteiger partial charge in [0, 0.05) is 18.3 Å². The van der Waals surface area contributed by atoms with Gasteiger partial charge in [0.05, 0.1) is 19.3 Å². The molecule has 0 fully saturated rings. The fourth-order valence-electron chi connectivity index (χ4n) is 2.52. The van der Waals surface area contributed by atoms with Gasteiger partial charge in [0.2, 0.25) is 10.0 Å². The molecule has 1 aliphatic rings. The predicted molar refractivity (Wildman–Crippen MR) is 80.8 cm³/mol. The number of aryl methyl sites for hydroxylation is 1. The number of hydrogen-bond acceptors (Lipinski definition) is 5. The Morgan fingerprint density at radius 2 is 2.14 bits per heavy atom. The summed E-state index contributed by atoms with van der Waals surface area (Å²) in [6.45, 7) is 2.54. The Balaban J connectivity index is 2.01. The molecule has 2 heterocycles. The highest BCUT2D eigenvalue weighted by Gasteiger charge is 2.33. The Hall–Kier alpha value is -1.99. The minimum Gasteiger partial charge on any atom is -0.495 e. The molecular formula is C15H17N3O3S. The zero-order valence-electron chi connectivity index (χ0n) is 12.5. The molecule has 7 heteroatoms. The number of sulfonamides is 1. The number of methoxy groups -OCH3 is 1. The molecule has 0 unspecified atom stereocenters. The number of benzene rings is 1. The van der Waals surface area contributed by atoms with Crippen LogP contribution in [0.4, 0.5) is 0 Å². The molecule has 1 aromatic carbocycles. The Labute approximate surface area is 129 Å². The zero-order valence-corrected chi connectivity index (χ0v) is 13.3. The molecular weight excluding hydrogens is 302 g/mol. The first kappa shape index (κ1) is 14.9. The van der Waals surface area contributed by atoms with Crippen molar-refractivity contribution in [2.75, 3.05) is 7.11 Å². The van der Waals surface area contributed by atoms with Crippen molar-refractivity contribution in [2.45, 2.75) is 31.3 Å². The normalized spacial score (nSPS) is 14.8. The number of nitrogens with zero attached hydrogens (tertiary/aromatic N) is 3. The second kappa shape index (κ2) is 5.66. The Kier molecular flexibility index (Phi) is 3.84. The topological polar surface area (TPSA) is 72.4 Å². The summed E-state index contributed by atoms with van der Waals surface area (Å²) in [4.78, 5) is 8.30. The van der Waals surface area contributed by atoms with Gasteiger partial charge in [-0.1, -0.05) is 13.0 Å². The fourth-order valence-corrected chi connectivity index (χ4v) is 4.11. The summed E-state index contributed by atoms with van der Waals surface area (Å²) in [5.74, 6) is 0.360. The van der Waals surface area contributed by atoms with E-state index in [2.05, 4.69) is 9.97 Å². The largest absolute Gasteiger partial charge is 0.495 e. The van der Waals surface area contributed by atoms with E-state index in [-0.39, 0.29) is 18.0 Å². The summed E-state index contributed by atoms with van der Waals surface area (Å²) < 4.78 is 32.5. The summed E-state index contributed by atoms with van der Waals surface area (Å²) in [7, 11) is -2.16. The molecule has 0 aliphatic carbocycles. The van der Waals surface area contributed by atoms with E-state index in [0.29, 0.717) is 5.75 Å². The van der Waals surface area contributed by atoms with E-state index in [9.17, 15) is 8.42 Å². The van der Waals surface area contributed by atoms with E-state index in [0.717, 1.165) is 23.2 Å². The molecule has 0 N–H and O–H groups in total. The molecule has 0 spiro atoms. The van der Waals surface area contributed by atoms with E-state index in [1.807, 2.05) is 13.0 Å². The van der Waals surface area contributed by atoms with E-state index in [1.54, 1.807) is 18.3 Å². The van der Waals surface area contributed by atoms with Gasteiger partial charge in [-0.25, -0.2) is 18.4 Å². The highest BCUT2D eigenvalue weighted by Crippen LogP contribution is 2.32. The van der Waals surface area contributed by atoms with Crippen molar-refractivity contribution in [2.24, 2.45) is 0 Å². The van der Waals surface area contributed by atoms with Crippen LogP contribution in [0.25, 0.3) is 0 Å². The smallest absolute Gasteiger partial charge is 0.247 e. The lowest BCUT2D eigenvalue weighted by Crippen LogP contribution is -2.26. The van der Waals surface area contributed by atoms with Crippen molar-refractivity contribution >= 4 is 10.0 Å². The average molecular weight is 319 g/mol. The van der Waals surface area contributed by atoms with Gasteiger partial charge in [-0.15, -0.1) is 0 Å². The van der Waals surface area contributed by atoms with Crippen molar-refractivity contribution < 1.29 is 13.2 Å². The molecule has 0 saturated heterocycles. The van der Waals surface area contributed by atoms with Crippen LogP contribution in [0.1, 0.15) is 23.7 Å². The summed E-state index contributed by atoms with van der Waals surface area (Å²) in [6, 6.07) is 5.26. The van der Waals surface area contributed by atoms with E-state index in [1.165, 1.54) is 17.7 Å². The highest BCUT2D eigenvalue weighted by molar-refractivity contribution is 7.89. The maximum Gasteiger partial charge on any atom is 0.247 e. The zero-order chi connectivity index (χ0) is 15.7. The molecule has 3 rings (SSSR count). The first-order valence-corrected chi connectivity index (χ1v) is 8.45. The lowest BCUT2D eigenvalue weighted by atomic mass is 10.2. The molecule has 22 heavy (non-hydrogen) atoms. The number of rotatable bonds is 4. The van der Waals surface area contributed by atoms with Crippen molar-refractivity contribution in [3.63, 3.8) is 0 Å². The van der Waals surface area contributed by atoms with Crippen molar-refractivity contribution in [3.05, 3.63) is 47.5 Å². The van der Waals surface area contributed by atoms with Gasteiger partial charge >= 0.3 is 0 Å². The van der Waals surface area contributed by atoms with Crippen LogP contribution in [0.2, 0.25) is 0 Å². The van der Waals surface area contributed by atoms with Crippen LogP contribution < -0.4 is 4.74 Å². The third-order valence-corrected chi connectivity index (χ3v) is 5.62. The molecule has 116 valence electrons. The molecule has 0 bridgehead atoms. The lowest BCUT2D eigenvalue weighted by molar-refractivity contribution is 0.392. The second-order valence-electron chi connectivity index (χ2n) is 5.11. The molecule has 0 radical (unpaired) electrons. The van der Waals surface area contributed by atoms with Gasteiger partial charge in [0.1, 0.15) is 17.0 Å². The minimum atomic E-state index is -3.64. The Morgan fingerprint density at radius 1 is 1.32 bits per heavy atom. The van der Waals surface area contributed by atoms with Crippen molar-refractivity contribution in [3.8, 4) is 5.75 Å². The highest BCUT2D eigenvalue weighted by atomic mass is 32.2. The van der Waals surface area contributed by atoms with Gasteiger partial charge in [0.25, 0.3) is 0 Å². The van der Waals surface area contributed by atoms with Crippen LogP contribution >= 0.6 is 0 Å². The molecule has 0 saturated carbocycles. The van der Waals surface area contributed by atoms with Crippen LogP contribution in [0, 0.1) is 0 Å². The third kappa shape index (κ3) is 2.46. The number of ether oxygens (including phenoxy) is 1. The SMILES string of the molecule is CCc1ccc(OC)c(S(=O)(=O)N2Cc3cncnc3C2)c1. The number of fused-ring (bicyclic) bond motifs is 1. The standard InChI is InChI=1S/C15H17N3O3S/c1-3-11-4-5-14(21-2)15(6-11)22(19,20)18-8-12-7-16-10-17-13(12)9-18/h4-7,10H,3,8-9H2,1-2H3. The summed E-state index contributed by atoms with van der Waals surface area (Å²) in [5, 5.41) is 0. The molecule has 1 aliphatic heterocycles. The van der Waals surface area contributed by atoms with E-state index in [4.69, 9.17) is 4.74 Å². The maximum absolute atomic E-state index is 12.9. The maximum atomic E-state index is 12.9. The van der Waals surface area contributed by atoms with Gasteiger partial charge in [0.15, 0.2) is 0 Å². The van der Waals surface area contributed by atoms with Crippen molar-refractivity contribution in [1.82, 2.24) is 14.3 Å². The van der Waals surface area contributed by atoms with Gasteiger partial charge in [-0.3, -0.25) is 0 Å². The molecule has 1 aromatic heterocycles. The van der Waals surface area contributed by atoms with Crippen LogP contribution in [-0.2, 0) is 29.5 Å². The molecule has 0 amide bonds. The molecule has 2 aromatic rings. The van der Waals surface area contributed by atoms with E-state index < -0.39 is 10.0 Å². The lowest BCUT2D eigenvalue weighted by Gasteiger charge is -2.18. The number of aromatic nitrogens is 2. The Morgan fingerprint density at radius 3 is 2.82 bits per heavy atom. The monoisotopic (exact) mass is 319 g/mol. The fraction of sp³-hybridized carbons (Fsp3) is 0.333. The first-order chi connectivity index (χ1) is 10.6.